The lowest BCUT2D eigenvalue weighted by atomic mass is 10.0. The van der Waals surface area contributed by atoms with Crippen LogP contribution in [0.25, 0.3) is 11.1 Å². The van der Waals surface area contributed by atoms with Crippen molar-refractivity contribution in [1.82, 2.24) is 9.88 Å². The lowest BCUT2D eigenvalue weighted by Crippen LogP contribution is -2.16. The van der Waals surface area contributed by atoms with Crippen LogP contribution in [0.15, 0.2) is 27.4 Å². The van der Waals surface area contributed by atoms with Crippen molar-refractivity contribution >= 4 is 11.1 Å². The number of fused-ring (bicyclic) bond motifs is 1. The van der Waals surface area contributed by atoms with Gasteiger partial charge in [-0.25, -0.2) is 4.79 Å². The van der Waals surface area contributed by atoms with Gasteiger partial charge in [-0.3, -0.25) is 4.57 Å². The van der Waals surface area contributed by atoms with Crippen LogP contribution in [0.5, 0.6) is 0 Å². The predicted molar refractivity (Wildman–Crippen MR) is 75.3 cm³/mol. The zero-order chi connectivity index (χ0) is 13.4. The van der Waals surface area contributed by atoms with E-state index in [1.54, 1.807) is 4.57 Å². The van der Waals surface area contributed by atoms with Crippen molar-refractivity contribution in [2.45, 2.75) is 38.8 Å². The minimum absolute atomic E-state index is 0.266. The summed E-state index contributed by atoms with van der Waals surface area (Å²) >= 11 is 0. The van der Waals surface area contributed by atoms with Crippen molar-refractivity contribution in [3.8, 4) is 0 Å². The predicted octanol–water partition coefficient (Wildman–Crippen LogP) is 2.68. The van der Waals surface area contributed by atoms with E-state index in [0.717, 1.165) is 11.4 Å². The van der Waals surface area contributed by atoms with Crippen LogP contribution in [0.1, 0.15) is 37.8 Å². The molecule has 1 unspecified atom stereocenters. The van der Waals surface area contributed by atoms with Crippen molar-refractivity contribution in [3.05, 3.63) is 34.3 Å². The molecular weight excluding hydrogens is 240 g/mol. The third kappa shape index (κ3) is 2.32. The summed E-state index contributed by atoms with van der Waals surface area (Å²) in [5.41, 5.74) is 2.79. The third-order valence-corrected chi connectivity index (χ3v) is 4.03. The van der Waals surface area contributed by atoms with Crippen LogP contribution in [0, 0.1) is 5.92 Å². The number of nitrogens with zero attached hydrogens (tertiary/aromatic N) is 1. The van der Waals surface area contributed by atoms with Crippen LogP contribution in [-0.2, 0) is 6.54 Å². The van der Waals surface area contributed by atoms with Crippen molar-refractivity contribution in [3.63, 3.8) is 0 Å². The molecule has 102 valence electrons. The number of rotatable bonds is 5. The van der Waals surface area contributed by atoms with E-state index in [-0.39, 0.29) is 5.76 Å². The molecule has 1 fully saturated rings. The summed E-state index contributed by atoms with van der Waals surface area (Å²) < 4.78 is 6.99. The summed E-state index contributed by atoms with van der Waals surface area (Å²) in [6.07, 6.45) is 3.87. The van der Waals surface area contributed by atoms with E-state index in [9.17, 15) is 4.79 Å². The van der Waals surface area contributed by atoms with Gasteiger partial charge in [-0.1, -0.05) is 18.9 Å². The Labute approximate surface area is 112 Å². The van der Waals surface area contributed by atoms with E-state index in [1.165, 1.54) is 24.8 Å². The van der Waals surface area contributed by atoms with Crippen molar-refractivity contribution in [2.75, 3.05) is 7.05 Å². The van der Waals surface area contributed by atoms with Crippen molar-refractivity contribution in [2.24, 2.45) is 5.92 Å². The van der Waals surface area contributed by atoms with Crippen LogP contribution in [0.2, 0.25) is 0 Å². The number of benzene rings is 1. The molecule has 0 aliphatic heterocycles. The Morgan fingerprint density at radius 2 is 2.26 bits per heavy atom. The van der Waals surface area contributed by atoms with Crippen LogP contribution in [0.3, 0.4) is 0 Å². The maximum atomic E-state index is 11.7. The van der Waals surface area contributed by atoms with Gasteiger partial charge in [-0.05, 0) is 44.0 Å². The highest BCUT2D eigenvalue weighted by atomic mass is 16.4. The molecule has 2 aromatic rings. The van der Waals surface area contributed by atoms with Crippen LogP contribution >= 0.6 is 0 Å². The highest BCUT2D eigenvalue weighted by molar-refractivity contribution is 5.73. The van der Waals surface area contributed by atoms with Gasteiger partial charge in [0, 0.05) is 12.6 Å². The molecule has 1 aliphatic rings. The fourth-order valence-electron chi connectivity index (χ4n) is 2.71. The van der Waals surface area contributed by atoms with Gasteiger partial charge in [0.2, 0.25) is 0 Å². The molecule has 0 spiro atoms. The number of hydrogen-bond donors (Lipinski definition) is 1. The van der Waals surface area contributed by atoms with Gasteiger partial charge in [-0.15, -0.1) is 0 Å². The zero-order valence-corrected chi connectivity index (χ0v) is 11.5. The Hall–Kier alpha value is -1.55. The molecule has 1 aliphatic carbocycles. The molecule has 19 heavy (non-hydrogen) atoms. The summed E-state index contributed by atoms with van der Waals surface area (Å²) in [5.74, 6) is 0.596. The molecule has 1 heterocycles. The number of hydrogen-bond acceptors (Lipinski definition) is 3. The molecule has 1 atom stereocenters. The molecular formula is C15H20N2O2. The maximum absolute atomic E-state index is 11.7. The minimum atomic E-state index is -0.266. The van der Waals surface area contributed by atoms with Crippen molar-refractivity contribution in [1.29, 1.82) is 0 Å². The lowest BCUT2D eigenvalue weighted by Gasteiger charge is -2.16. The Morgan fingerprint density at radius 3 is 2.89 bits per heavy atom. The lowest BCUT2D eigenvalue weighted by molar-refractivity contribution is 0.505. The Bertz CT molecular complexity index is 637. The summed E-state index contributed by atoms with van der Waals surface area (Å²) in [7, 11) is 1.99. The molecule has 1 aromatic carbocycles. The topological polar surface area (TPSA) is 47.2 Å². The first kappa shape index (κ1) is 12.5. The zero-order valence-electron chi connectivity index (χ0n) is 11.5. The summed E-state index contributed by atoms with van der Waals surface area (Å²) in [5, 5.41) is 3.36. The summed E-state index contributed by atoms with van der Waals surface area (Å²) in [6, 6.07) is 6.46. The van der Waals surface area contributed by atoms with Crippen LogP contribution in [0.4, 0.5) is 0 Å². The van der Waals surface area contributed by atoms with E-state index in [4.69, 9.17) is 4.42 Å². The van der Waals surface area contributed by atoms with E-state index in [1.807, 2.05) is 26.1 Å². The first-order chi connectivity index (χ1) is 9.22. The second-order valence-electron chi connectivity index (χ2n) is 5.36. The SMILES string of the molecule is CCn1c(=O)oc2cc(C(CC3CC3)NC)ccc21. The van der Waals surface area contributed by atoms with Gasteiger partial charge in [0.25, 0.3) is 0 Å². The molecule has 0 amide bonds. The first-order valence-electron chi connectivity index (χ1n) is 7.03. The highest BCUT2D eigenvalue weighted by Crippen LogP contribution is 2.37. The number of nitrogens with one attached hydrogen (secondary N) is 1. The van der Waals surface area contributed by atoms with Crippen molar-refractivity contribution < 1.29 is 4.42 Å². The van der Waals surface area contributed by atoms with Crippen LogP contribution in [-0.4, -0.2) is 11.6 Å². The third-order valence-electron chi connectivity index (χ3n) is 4.03. The fourth-order valence-corrected chi connectivity index (χ4v) is 2.71. The van der Waals surface area contributed by atoms with E-state index in [2.05, 4.69) is 11.4 Å². The molecule has 0 bridgehead atoms. The molecule has 1 aromatic heterocycles. The van der Waals surface area contributed by atoms with Gasteiger partial charge in [-0.2, -0.15) is 0 Å². The normalized spacial score (nSPS) is 16.9. The number of oxazole rings is 1. The quantitative estimate of drug-likeness (QED) is 0.899. The average molecular weight is 260 g/mol. The van der Waals surface area contributed by atoms with Gasteiger partial charge < -0.3 is 9.73 Å². The van der Waals surface area contributed by atoms with Gasteiger partial charge in [0.1, 0.15) is 0 Å². The standard InChI is InChI=1S/C15H20N2O2/c1-3-17-13-7-6-11(9-14(13)19-15(17)18)12(16-2)8-10-4-5-10/h6-7,9-10,12,16H,3-5,8H2,1-2H3. The molecule has 3 rings (SSSR count). The molecule has 0 saturated heterocycles. The Morgan fingerprint density at radius 1 is 1.47 bits per heavy atom. The maximum Gasteiger partial charge on any atom is 0.419 e. The smallest absolute Gasteiger partial charge is 0.408 e. The molecule has 4 heteroatoms. The van der Waals surface area contributed by atoms with Gasteiger partial charge >= 0.3 is 5.76 Å². The number of aryl methyl sites for hydroxylation is 1. The second-order valence-corrected chi connectivity index (χ2v) is 5.36. The van der Waals surface area contributed by atoms with Crippen LogP contribution < -0.4 is 11.1 Å². The molecule has 1 saturated carbocycles. The highest BCUT2D eigenvalue weighted by Gasteiger charge is 2.25. The van der Waals surface area contributed by atoms with Gasteiger partial charge in [0.15, 0.2) is 5.58 Å². The first-order valence-corrected chi connectivity index (χ1v) is 7.03. The van der Waals surface area contributed by atoms with Gasteiger partial charge in [0.05, 0.1) is 5.52 Å². The Balaban J connectivity index is 1.98. The summed E-state index contributed by atoms with van der Waals surface area (Å²) in [4.78, 5) is 11.7. The summed E-state index contributed by atoms with van der Waals surface area (Å²) in [6.45, 7) is 2.59. The van der Waals surface area contributed by atoms with E-state index >= 15 is 0 Å². The average Bonchev–Trinajstić information content (AvgIpc) is 3.17. The number of aromatic nitrogens is 1. The van der Waals surface area contributed by atoms with E-state index < -0.39 is 0 Å². The second kappa shape index (κ2) is 4.85. The molecule has 1 N–H and O–H groups in total. The minimum Gasteiger partial charge on any atom is -0.408 e. The monoisotopic (exact) mass is 260 g/mol. The molecule has 0 radical (unpaired) electrons. The van der Waals surface area contributed by atoms with E-state index in [0.29, 0.717) is 18.2 Å². The largest absolute Gasteiger partial charge is 0.419 e. The molecule has 4 nitrogen and oxygen atoms in total. The Kier molecular flexibility index (Phi) is 3.19. The fraction of sp³-hybridized carbons (Fsp3) is 0.533.